The third-order valence-corrected chi connectivity index (χ3v) is 5.43. The monoisotopic (exact) mass is 298 g/mol. The number of aromatic nitrogens is 3. The number of pyridine rings is 1. The average Bonchev–Trinajstić information content (AvgIpc) is 2.86. The summed E-state index contributed by atoms with van der Waals surface area (Å²) >= 11 is 4.79. The zero-order valence-electron chi connectivity index (χ0n) is 10.4. The molecule has 0 amide bonds. The zero-order valence-corrected chi connectivity index (χ0v) is 12.8. The van der Waals surface area contributed by atoms with E-state index in [1.807, 2.05) is 25.6 Å². The van der Waals surface area contributed by atoms with Crippen LogP contribution in [0.3, 0.4) is 0 Å². The Morgan fingerprint density at radius 3 is 2.78 bits per heavy atom. The highest BCUT2D eigenvalue weighted by Crippen LogP contribution is 2.34. The van der Waals surface area contributed by atoms with Crippen molar-refractivity contribution in [1.82, 2.24) is 20.5 Å². The van der Waals surface area contributed by atoms with Gasteiger partial charge in [0.1, 0.15) is 5.03 Å². The Hall–Kier alpha value is -0.630. The molecule has 7 heteroatoms. The first-order valence-corrected chi connectivity index (χ1v) is 8.28. The van der Waals surface area contributed by atoms with Gasteiger partial charge in [-0.1, -0.05) is 29.2 Å². The number of hydrogen-bond acceptors (Lipinski definition) is 7. The van der Waals surface area contributed by atoms with E-state index < -0.39 is 0 Å². The molecule has 1 atom stereocenters. The highest BCUT2D eigenvalue weighted by atomic mass is 32.2. The molecule has 1 unspecified atom stereocenters. The standard InChI is InChI=1S/C11H14N4S3/c1-7(12-2)8-5-4-6-13-9(8)17-11-15-14-10(16-3)18-11/h4-7,12H,1-3H3. The fourth-order valence-corrected chi connectivity index (χ4v) is 3.90. The van der Waals surface area contributed by atoms with Gasteiger partial charge in [-0.2, -0.15) is 0 Å². The molecule has 18 heavy (non-hydrogen) atoms. The Labute approximate surface area is 119 Å². The third kappa shape index (κ3) is 3.23. The lowest BCUT2D eigenvalue weighted by Crippen LogP contribution is -2.13. The van der Waals surface area contributed by atoms with Gasteiger partial charge in [-0.25, -0.2) is 4.98 Å². The van der Waals surface area contributed by atoms with Crippen molar-refractivity contribution in [2.75, 3.05) is 13.3 Å². The van der Waals surface area contributed by atoms with E-state index in [-0.39, 0.29) is 6.04 Å². The van der Waals surface area contributed by atoms with Gasteiger partial charge < -0.3 is 5.32 Å². The van der Waals surface area contributed by atoms with Crippen molar-refractivity contribution in [2.45, 2.75) is 26.7 Å². The van der Waals surface area contributed by atoms with E-state index in [1.165, 1.54) is 5.56 Å². The Balaban J connectivity index is 2.23. The molecule has 0 radical (unpaired) electrons. The number of thioether (sulfide) groups is 1. The first kappa shape index (κ1) is 13.8. The average molecular weight is 298 g/mol. The number of nitrogens with one attached hydrogen (secondary N) is 1. The van der Waals surface area contributed by atoms with Gasteiger partial charge in [-0.05, 0) is 38.1 Å². The van der Waals surface area contributed by atoms with Crippen LogP contribution in [0.5, 0.6) is 0 Å². The van der Waals surface area contributed by atoms with Gasteiger partial charge in [0.15, 0.2) is 8.68 Å². The first-order chi connectivity index (χ1) is 8.74. The molecule has 0 aliphatic rings. The lowest BCUT2D eigenvalue weighted by atomic mass is 10.1. The summed E-state index contributed by atoms with van der Waals surface area (Å²) in [4.78, 5) is 4.43. The van der Waals surface area contributed by atoms with Gasteiger partial charge in [0.2, 0.25) is 0 Å². The van der Waals surface area contributed by atoms with Crippen molar-refractivity contribution in [3.63, 3.8) is 0 Å². The molecule has 0 aliphatic carbocycles. The topological polar surface area (TPSA) is 50.7 Å². The zero-order chi connectivity index (χ0) is 13.0. The van der Waals surface area contributed by atoms with Crippen molar-refractivity contribution in [1.29, 1.82) is 0 Å². The molecule has 1 N–H and O–H groups in total. The lowest BCUT2D eigenvalue weighted by molar-refractivity contribution is 0.634. The maximum atomic E-state index is 4.43. The van der Waals surface area contributed by atoms with Crippen LogP contribution in [0, 0.1) is 0 Å². The van der Waals surface area contributed by atoms with Crippen LogP contribution in [-0.2, 0) is 0 Å². The largest absolute Gasteiger partial charge is 0.313 e. The molecule has 0 bridgehead atoms. The minimum atomic E-state index is 0.272. The summed E-state index contributed by atoms with van der Waals surface area (Å²) in [5.41, 5.74) is 1.19. The number of hydrogen-bond donors (Lipinski definition) is 1. The highest BCUT2D eigenvalue weighted by molar-refractivity contribution is 8.03. The molecule has 0 aromatic carbocycles. The van der Waals surface area contributed by atoms with Crippen LogP contribution in [0.15, 0.2) is 32.0 Å². The Morgan fingerprint density at radius 2 is 2.11 bits per heavy atom. The second-order valence-electron chi connectivity index (χ2n) is 3.55. The number of rotatable bonds is 5. The van der Waals surface area contributed by atoms with E-state index in [2.05, 4.69) is 33.5 Å². The van der Waals surface area contributed by atoms with Crippen LogP contribution in [0.1, 0.15) is 18.5 Å². The van der Waals surface area contributed by atoms with Crippen molar-refractivity contribution in [3.05, 3.63) is 23.9 Å². The summed E-state index contributed by atoms with van der Waals surface area (Å²) in [6.07, 6.45) is 3.81. The van der Waals surface area contributed by atoms with Gasteiger partial charge in [-0.3, -0.25) is 0 Å². The smallest absolute Gasteiger partial charge is 0.181 e. The minimum Gasteiger partial charge on any atom is -0.313 e. The quantitative estimate of drug-likeness (QED) is 0.856. The fraction of sp³-hybridized carbons (Fsp3) is 0.364. The van der Waals surface area contributed by atoms with E-state index in [4.69, 9.17) is 0 Å². The van der Waals surface area contributed by atoms with Crippen molar-refractivity contribution >= 4 is 34.9 Å². The van der Waals surface area contributed by atoms with Crippen molar-refractivity contribution in [2.24, 2.45) is 0 Å². The third-order valence-electron chi connectivity index (χ3n) is 2.45. The van der Waals surface area contributed by atoms with Crippen LogP contribution < -0.4 is 5.32 Å². The van der Waals surface area contributed by atoms with Gasteiger partial charge in [-0.15, -0.1) is 10.2 Å². The highest BCUT2D eigenvalue weighted by Gasteiger charge is 2.13. The lowest BCUT2D eigenvalue weighted by Gasteiger charge is -2.13. The molecule has 0 saturated heterocycles. The predicted molar refractivity (Wildman–Crippen MR) is 77.5 cm³/mol. The van der Waals surface area contributed by atoms with Gasteiger partial charge in [0.05, 0.1) is 0 Å². The van der Waals surface area contributed by atoms with Gasteiger partial charge in [0, 0.05) is 17.8 Å². The van der Waals surface area contributed by atoms with Crippen molar-refractivity contribution < 1.29 is 0 Å². The van der Waals surface area contributed by atoms with Crippen LogP contribution in [0.2, 0.25) is 0 Å². The molecule has 0 saturated carbocycles. The normalized spacial score (nSPS) is 12.6. The van der Waals surface area contributed by atoms with E-state index in [0.29, 0.717) is 0 Å². The molecule has 2 aromatic heterocycles. The van der Waals surface area contributed by atoms with E-state index >= 15 is 0 Å². The molecule has 2 rings (SSSR count). The summed E-state index contributed by atoms with van der Waals surface area (Å²) < 4.78 is 1.92. The van der Waals surface area contributed by atoms with Crippen LogP contribution in [0.25, 0.3) is 0 Å². The van der Waals surface area contributed by atoms with E-state index in [9.17, 15) is 0 Å². The fourth-order valence-electron chi connectivity index (χ4n) is 1.38. The van der Waals surface area contributed by atoms with Crippen molar-refractivity contribution in [3.8, 4) is 0 Å². The van der Waals surface area contributed by atoms with E-state index in [1.54, 1.807) is 34.9 Å². The maximum Gasteiger partial charge on any atom is 0.181 e. The van der Waals surface area contributed by atoms with Gasteiger partial charge in [0.25, 0.3) is 0 Å². The summed E-state index contributed by atoms with van der Waals surface area (Å²) in [6.45, 7) is 2.12. The molecular formula is C11H14N4S3. The Bertz CT molecular complexity index is 514. The SMILES string of the molecule is CNC(C)c1cccnc1Sc1nnc(SC)s1. The predicted octanol–water partition coefficient (Wildman–Crippen LogP) is 3.09. The molecule has 2 heterocycles. The van der Waals surface area contributed by atoms with Crippen LogP contribution >= 0.6 is 34.9 Å². The van der Waals surface area contributed by atoms with E-state index in [0.717, 1.165) is 13.7 Å². The summed E-state index contributed by atoms with van der Waals surface area (Å²) in [6, 6.07) is 4.32. The molecule has 0 fully saturated rings. The maximum absolute atomic E-state index is 4.43. The molecule has 4 nitrogen and oxygen atoms in total. The minimum absolute atomic E-state index is 0.272. The van der Waals surface area contributed by atoms with Crippen LogP contribution in [-0.4, -0.2) is 28.5 Å². The van der Waals surface area contributed by atoms with Crippen LogP contribution in [0.4, 0.5) is 0 Å². The number of nitrogens with zero attached hydrogens (tertiary/aromatic N) is 3. The summed E-state index contributed by atoms with van der Waals surface area (Å²) in [7, 11) is 1.95. The second-order valence-corrected chi connectivity index (χ2v) is 6.82. The summed E-state index contributed by atoms with van der Waals surface area (Å²) in [5, 5.41) is 12.5. The molecule has 0 spiro atoms. The Kier molecular flexibility index (Phi) is 4.99. The molecule has 2 aromatic rings. The first-order valence-electron chi connectivity index (χ1n) is 5.42. The molecular weight excluding hydrogens is 284 g/mol. The van der Waals surface area contributed by atoms with Gasteiger partial charge >= 0.3 is 0 Å². The molecule has 96 valence electrons. The Morgan fingerprint density at radius 1 is 1.33 bits per heavy atom. The summed E-state index contributed by atoms with van der Waals surface area (Å²) in [5.74, 6) is 0. The molecule has 0 aliphatic heterocycles. The second kappa shape index (κ2) is 6.51.